The fourth-order valence-electron chi connectivity index (χ4n) is 2.22. The molecule has 0 saturated heterocycles. The van der Waals surface area contributed by atoms with Gasteiger partial charge in [0.2, 0.25) is 0 Å². The van der Waals surface area contributed by atoms with Crippen LogP contribution in [0.25, 0.3) is 0 Å². The van der Waals surface area contributed by atoms with E-state index in [-0.39, 0.29) is 6.61 Å². The van der Waals surface area contributed by atoms with Gasteiger partial charge in [-0.1, -0.05) is 6.92 Å². The molecule has 1 aromatic carbocycles. The lowest BCUT2D eigenvalue weighted by molar-refractivity contribution is 0.183. The number of hydrogen-bond acceptors (Lipinski definition) is 5. The first kappa shape index (κ1) is 19.8. The molecule has 0 bridgehead atoms. The molecule has 0 amide bonds. The van der Waals surface area contributed by atoms with Crippen molar-refractivity contribution >= 4 is 11.8 Å². The summed E-state index contributed by atoms with van der Waals surface area (Å²) in [5.74, 6) is 3.23. The molecule has 4 nitrogen and oxygen atoms in total. The summed E-state index contributed by atoms with van der Waals surface area (Å²) in [6.45, 7) is 5.77. The number of nitrogens with zero attached hydrogens (tertiary/aromatic N) is 2. The zero-order valence-corrected chi connectivity index (χ0v) is 14.9. The lowest BCUT2D eigenvalue weighted by atomic mass is 10.2. The first-order valence-corrected chi connectivity index (χ1v) is 9.49. The maximum atomic E-state index is 9.16. The minimum absolute atomic E-state index is 0.207. The monoisotopic (exact) mass is 336 g/mol. The van der Waals surface area contributed by atoms with Crippen LogP contribution in [0.4, 0.5) is 0 Å². The van der Waals surface area contributed by atoms with Crippen LogP contribution in [-0.2, 0) is 0 Å². The Hall–Kier alpha value is -1.22. The predicted molar refractivity (Wildman–Crippen MR) is 97.0 cm³/mol. The zero-order valence-electron chi connectivity index (χ0n) is 14.0. The number of hydrogen-bond donors (Lipinski definition) is 1. The first-order valence-electron chi connectivity index (χ1n) is 8.34. The molecule has 1 rings (SSSR count). The average Bonchev–Trinajstić information content (AvgIpc) is 2.59. The van der Waals surface area contributed by atoms with Gasteiger partial charge >= 0.3 is 0 Å². The van der Waals surface area contributed by atoms with Crippen molar-refractivity contribution in [2.45, 2.75) is 26.2 Å². The quantitative estimate of drug-likeness (QED) is 0.561. The molecular weight excluding hydrogens is 308 g/mol. The van der Waals surface area contributed by atoms with Crippen LogP contribution in [0.1, 0.15) is 31.7 Å². The van der Waals surface area contributed by atoms with Crippen molar-refractivity contribution < 1.29 is 9.84 Å². The molecule has 0 aromatic heterocycles. The number of aliphatic hydroxyl groups excluding tert-OH is 1. The predicted octanol–water partition coefficient (Wildman–Crippen LogP) is 3.15. The Morgan fingerprint density at radius 3 is 2.52 bits per heavy atom. The van der Waals surface area contributed by atoms with Crippen LogP contribution in [0, 0.1) is 11.3 Å². The molecule has 1 N–H and O–H groups in total. The topological polar surface area (TPSA) is 56.5 Å². The molecule has 0 spiro atoms. The molecule has 128 valence electrons. The second-order valence-electron chi connectivity index (χ2n) is 5.37. The van der Waals surface area contributed by atoms with Gasteiger partial charge in [0.15, 0.2) is 0 Å². The molecule has 23 heavy (non-hydrogen) atoms. The first-order chi connectivity index (χ1) is 11.3. The van der Waals surface area contributed by atoms with Crippen molar-refractivity contribution in [3.63, 3.8) is 0 Å². The van der Waals surface area contributed by atoms with Gasteiger partial charge in [-0.2, -0.15) is 17.0 Å². The van der Waals surface area contributed by atoms with E-state index in [0.717, 1.165) is 31.8 Å². The maximum absolute atomic E-state index is 9.16. The highest BCUT2D eigenvalue weighted by atomic mass is 32.2. The summed E-state index contributed by atoms with van der Waals surface area (Å²) in [5, 5.41) is 17.9. The fourth-order valence-corrected chi connectivity index (χ4v) is 3.04. The molecule has 0 aliphatic heterocycles. The molecule has 0 unspecified atom stereocenters. The summed E-state index contributed by atoms with van der Waals surface area (Å²) < 4.78 is 5.69. The number of ether oxygens (including phenoxy) is 1. The summed E-state index contributed by atoms with van der Waals surface area (Å²) in [6, 6.07) is 9.28. The van der Waals surface area contributed by atoms with Gasteiger partial charge in [-0.25, -0.2) is 0 Å². The van der Waals surface area contributed by atoms with Gasteiger partial charge in [0.1, 0.15) is 5.75 Å². The number of benzene rings is 1. The van der Waals surface area contributed by atoms with Crippen molar-refractivity contribution in [2.24, 2.45) is 0 Å². The van der Waals surface area contributed by atoms with E-state index in [0.29, 0.717) is 12.2 Å². The second kappa shape index (κ2) is 13.2. The van der Waals surface area contributed by atoms with E-state index in [2.05, 4.69) is 17.9 Å². The smallest absolute Gasteiger partial charge is 0.119 e. The molecule has 5 heteroatoms. The summed E-state index contributed by atoms with van der Waals surface area (Å²) in [6.07, 6.45) is 3.33. The highest BCUT2D eigenvalue weighted by molar-refractivity contribution is 7.99. The summed E-state index contributed by atoms with van der Waals surface area (Å²) in [7, 11) is 0. The summed E-state index contributed by atoms with van der Waals surface area (Å²) in [5.41, 5.74) is 0.646. The third-order valence-electron chi connectivity index (χ3n) is 3.40. The Balaban J connectivity index is 2.17. The lowest BCUT2D eigenvalue weighted by Crippen LogP contribution is -2.30. The maximum Gasteiger partial charge on any atom is 0.119 e. The molecule has 0 aliphatic rings. The van der Waals surface area contributed by atoms with Gasteiger partial charge in [-0.15, -0.1) is 0 Å². The van der Waals surface area contributed by atoms with Gasteiger partial charge in [0.05, 0.1) is 24.8 Å². The van der Waals surface area contributed by atoms with Crippen molar-refractivity contribution in [3.8, 4) is 11.8 Å². The largest absolute Gasteiger partial charge is 0.494 e. The average molecular weight is 337 g/mol. The lowest BCUT2D eigenvalue weighted by Gasteiger charge is -2.21. The van der Waals surface area contributed by atoms with Crippen LogP contribution < -0.4 is 4.74 Å². The van der Waals surface area contributed by atoms with Crippen molar-refractivity contribution in [3.05, 3.63) is 29.8 Å². The minimum atomic E-state index is 0.207. The van der Waals surface area contributed by atoms with E-state index < -0.39 is 0 Å². The van der Waals surface area contributed by atoms with E-state index in [1.165, 1.54) is 24.3 Å². The van der Waals surface area contributed by atoms with Crippen LogP contribution in [0.2, 0.25) is 0 Å². The van der Waals surface area contributed by atoms with Crippen molar-refractivity contribution in [2.75, 3.05) is 44.4 Å². The third kappa shape index (κ3) is 9.50. The normalized spacial score (nSPS) is 10.7. The summed E-state index contributed by atoms with van der Waals surface area (Å²) >= 11 is 2.01. The van der Waals surface area contributed by atoms with Gasteiger partial charge < -0.3 is 14.7 Å². The molecule has 0 atom stereocenters. The molecule has 0 fully saturated rings. The molecule has 1 aromatic rings. The molecule has 0 radical (unpaired) electrons. The number of aliphatic hydroxyl groups is 1. The number of thioether (sulfide) groups is 1. The minimum Gasteiger partial charge on any atom is -0.494 e. The number of nitriles is 1. The molecule has 0 heterocycles. The highest BCUT2D eigenvalue weighted by Crippen LogP contribution is 2.12. The van der Waals surface area contributed by atoms with Gasteiger partial charge in [-0.05, 0) is 61.6 Å². The Morgan fingerprint density at radius 2 is 1.87 bits per heavy atom. The fraction of sp³-hybridized carbons (Fsp3) is 0.611. The summed E-state index contributed by atoms with van der Waals surface area (Å²) in [4.78, 5) is 2.30. The Morgan fingerprint density at radius 1 is 1.13 bits per heavy atom. The zero-order chi connectivity index (χ0) is 16.8. The van der Waals surface area contributed by atoms with Gasteiger partial charge in [-0.3, -0.25) is 0 Å². The van der Waals surface area contributed by atoms with E-state index in [1.807, 2.05) is 23.9 Å². The van der Waals surface area contributed by atoms with Crippen LogP contribution in [0.5, 0.6) is 5.75 Å². The molecule has 0 saturated carbocycles. The van der Waals surface area contributed by atoms with Crippen molar-refractivity contribution in [1.29, 1.82) is 5.26 Å². The van der Waals surface area contributed by atoms with E-state index >= 15 is 0 Å². The Kier molecular flexibility index (Phi) is 11.4. The van der Waals surface area contributed by atoms with Crippen LogP contribution in [-0.4, -0.2) is 54.4 Å². The molecular formula is C18H28N2O2S. The number of rotatable bonds is 13. The van der Waals surface area contributed by atoms with Crippen LogP contribution in [0.15, 0.2) is 24.3 Å². The van der Waals surface area contributed by atoms with Crippen LogP contribution >= 0.6 is 11.8 Å². The van der Waals surface area contributed by atoms with E-state index in [9.17, 15) is 0 Å². The Labute approximate surface area is 144 Å². The van der Waals surface area contributed by atoms with E-state index in [1.54, 1.807) is 12.1 Å². The standard InChI is InChI=1S/C18H28N2O2S/c1-2-14-23-15-4-10-20(11-12-21)9-3-13-22-18-7-5-17(16-19)6-8-18/h5-8,21H,2-4,9-15H2,1H3. The van der Waals surface area contributed by atoms with Gasteiger partial charge in [0, 0.05) is 13.1 Å². The molecule has 0 aliphatic carbocycles. The highest BCUT2D eigenvalue weighted by Gasteiger charge is 2.04. The Bertz CT molecular complexity index is 445. The SMILES string of the molecule is CCCSCCCN(CCO)CCCOc1ccc(C#N)cc1. The van der Waals surface area contributed by atoms with Gasteiger partial charge in [0.25, 0.3) is 0 Å². The van der Waals surface area contributed by atoms with Crippen molar-refractivity contribution in [1.82, 2.24) is 4.90 Å². The third-order valence-corrected chi connectivity index (χ3v) is 4.67. The second-order valence-corrected chi connectivity index (χ2v) is 6.59. The van der Waals surface area contributed by atoms with Crippen LogP contribution in [0.3, 0.4) is 0 Å². The van der Waals surface area contributed by atoms with E-state index in [4.69, 9.17) is 15.1 Å².